The summed E-state index contributed by atoms with van der Waals surface area (Å²) >= 11 is 0. The normalized spacial score (nSPS) is 32.6. The van der Waals surface area contributed by atoms with E-state index >= 15 is 0 Å². The molecule has 0 aromatic rings. The molecule has 0 aromatic heterocycles. The fraction of sp³-hybridized carbons (Fsp3) is 0.667. The minimum Gasteiger partial charge on any atom is -0.459 e. The van der Waals surface area contributed by atoms with Crippen molar-refractivity contribution in [2.45, 2.75) is 111 Å². The summed E-state index contributed by atoms with van der Waals surface area (Å²) < 4.78 is 19.3. The van der Waals surface area contributed by atoms with Crippen LogP contribution in [0.5, 0.6) is 0 Å². The molecular formula is C30H44O6. The summed E-state index contributed by atoms with van der Waals surface area (Å²) in [5.41, 5.74) is 3.09. The largest absolute Gasteiger partial charge is 0.459 e. The number of ether oxygens (including phenoxy) is 3. The van der Waals surface area contributed by atoms with Crippen LogP contribution in [0.15, 0.2) is 46.6 Å². The van der Waals surface area contributed by atoms with Crippen molar-refractivity contribution in [2.24, 2.45) is 11.8 Å². The lowest BCUT2D eigenvalue weighted by atomic mass is 9.77. The fourth-order valence-corrected chi connectivity index (χ4v) is 5.53. The Hall–Kier alpha value is -2.02. The monoisotopic (exact) mass is 500 g/mol. The maximum Gasteiger partial charge on any atom is 0.306 e. The predicted molar refractivity (Wildman–Crippen MR) is 140 cm³/mol. The topological polar surface area (TPSA) is 82.1 Å². The number of rotatable bonds is 8. The van der Waals surface area contributed by atoms with Gasteiger partial charge >= 0.3 is 5.97 Å². The Balaban J connectivity index is 1.94. The van der Waals surface area contributed by atoms with E-state index in [0.717, 1.165) is 18.4 Å². The minimum atomic E-state index is -1.16. The lowest BCUT2D eigenvalue weighted by Gasteiger charge is -2.51. The van der Waals surface area contributed by atoms with E-state index in [1.165, 1.54) is 11.1 Å². The molecule has 6 heteroatoms. The van der Waals surface area contributed by atoms with Gasteiger partial charge in [0, 0.05) is 31.6 Å². The number of Topliss-reactive ketones (excluding diaryl/α,β-unsaturated/α-hetero) is 1. The summed E-state index contributed by atoms with van der Waals surface area (Å²) in [5.74, 6) is -1.34. The average molecular weight is 501 g/mol. The highest BCUT2D eigenvalue weighted by molar-refractivity contribution is 5.96. The van der Waals surface area contributed by atoms with Crippen LogP contribution in [0, 0.1) is 11.8 Å². The first kappa shape index (κ1) is 28.5. The number of aliphatic hydroxyl groups excluding tert-OH is 1. The number of ketones is 1. The van der Waals surface area contributed by atoms with Crippen molar-refractivity contribution in [3.05, 3.63) is 46.6 Å². The van der Waals surface area contributed by atoms with E-state index in [-0.39, 0.29) is 42.4 Å². The van der Waals surface area contributed by atoms with Gasteiger partial charge in [-0.05, 0) is 76.7 Å². The number of carbonyl (C=O) groups excluding carboxylic acids is 2. The third-order valence-electron chi connectivity index (χ3n) is 7.16. The number of hydrogen-bond acceptors (Lipinski definition) is 6. The summed E-state index contributed by atoms with van der Waals surface area (Å²) in [6.45, 7) is 13.8. The average Bonchev–Trinajstić information content (AvgIpc) is 2.72. The molecule has 2 aliphatic heterocycles. The second-order valence-electron chi connectivity index (χ2n) is 11.7. The van der Waals surface area contributed by atoms with Crippen LogP contribution in [0.25, 0.3) is 0 Å². The van der Waals surface area contributed by atoms with Crippen molar-refractivity contribution in [1.82, 2.24) is 0 Å². The molecule has 3 aliphatic rings. The summed E-state index contributed by atoms with van der Waals surface area (Å²) in [6.07, 6.45) is 10.7. The molecule has 0 aromatic carbocycles. The number of allylic oxidation sites excluding steroid dienone is 4. The highest BCUT2D eigenvalue weighted by Crippen LogP contribution is 2.47. The van der Waals surface area contributed by atoms with E-state index in [1.54, 1.807) is 6.92 Å². The second-order valence-corrected chi connectivity index (χ2v) is 11.7. The summed E-state index contributed by atoms with van der Waals surface area (Å²) in [4.78, 5) is 25.1. The molecule has 1 spiro atoms. The summed E-state index contributed by atoms with van der Waals surface area (Å²) in [7, 11) is 0. The van der Waals surface area contributed by atoms with Gasteiger partial charge in [-0.2, -0.15) is 0 Å². The molecule has 0 radical (unpaired) electrons. The smallest absolute Gasteiger partial charge is 0.306 e. The van der Waals surface area contributed by atoms with Crippen LogP contribution in [0.1, 0.15) is 87.0 Å². The number of aliphatic hydroxyl groups is 1. The Morgan fingerprint density at radius 1 is 1.28 bits per heavy atom. The van der Waals surface area contributed by atoms with Gasteiger partial charge in [-0.15, -0.1) is 0 Å². The third kappa shape index (κ3) is 7.27. The van der Waals surface area contributed by atoms with Gasteiger partial charge in [0.1, 0.15) is 5.60 Å². The van der Waals surface area contributed by atoms with Crippen LogP contribution in [0.3, 0.4) is 0 Å². The van der Waals surface area contributed by atoms with Crippen molar-refractivity contribution < 1.29 is 28.9 Å². The maximum absolute atomic E-state index is 12.7. The highest BCUT2D eigenvalue weighted by atomic mass is 16.7. The van der Waals surface area contributed by atoms with Crippen LogP contribution < -0.4 is 0 Å². The molecule has 1 saturated heterocycles. The number of hydrogen-bond donors (Lipinski definition) is 1. The molecule has 2 heterocycles. The van der Waals surface area contributed by atoms with Crippen LogP contribution in [0.4, 0.5) is 0 Å². The molecule has 200 valence electrons. The summed E-state index contributed by atoms with van der Waals surface area (Å²) in [5, 5.41) is 10.2. The zero-order valence-corrected chi connectivity index (χ0v) is 23.1. The molecule has 1 N–H and O–H groups in total. The molecule has 0 saturated carbocycles. The fourth-order valence-electron chi connectivity index (χ4n) is 5.53. The zero-order valence-electron chi connectivity index (χ0n) is 23.1. The van der Waals surface area contributed by atoms with Gasteiger partial charge in [-0.25, -0.2) is 0 Å². The molecule has 5 atom stereocenters. The first-order valence-electron chi connectivity index (χ1n) is 13.3. The first-order chi connectivity index (χ1) is 16.8. The van der Waals surface area contributed by atoms with E-state index < -0.39 is 11.4 Å². The van der Waals surface area contributed by atoms with Gasteiger partial charge < -0.3 is 19.3 Å². The Morgan fingerprint density at radius 2 is 2.00 bits per heavy atom. The number of carbonyl (C=O) groups is 2. The Labute approximate surface area is 216 Å². The highest BCUT2D eigenvalue weighted by Gasteiger charge is 2.53. The number of esters is 1. The third-order valence-corrected chi connectivity index (χ3v) is 7.16. The van der Waals surface area contributed by atoms with Crippen molar-refractivity contribution in [2.75, 3.05) is 6.61 Å². The lowest BCUT2D eigenvalue weighted by molar-refractivity contribution is -0.297. The van der Waals surface area contributed by atoms with Gasteiger partial charge in [0.2, 0.25) is 0 Å². The van der Waals surface area contributed by atoms with Gasteiger partial charge in [0.05, 0.1) is 18.8 Å². The second kappa shape index (κ2) is 11.6. The molecule has 1 fully saturated rings. The molecule has 36 heavy (non-hydrogen) atoms. The lowest BCUT2D eigenvalue weighted by Crippen LogP contribution is -2.57. The Morgan fingerprint density at radius 3 is 2.64 bits per heavy atom. The molecule has 1 aliphatic carbocycles. The predicted octanol–water partition coefficient (Wildman–Crippen LogP) is 5.76. The van der Waals surface area contributed by atoms with Crippen LogP contribution in [0.2, 0.25) is 0 Å². The van der Waals surface area contributed by atoms with Crippen LogP contribution >= 0.6 is 0 Å². The first-order valence-corrected chi connectivity index (χ1v) is 13.3. The minimum absolute atomic E-state index is 0.0694. The van der Waals surface area contributed by atoms with Gasteiger partial charge in [0.15, 0.2) is 11.6 Å². The van der Waals surface area contributed by atoms with E-state index in [0.29, 0.717) is 31.3 Å². The zero-order chi connectivity index (χ0) is 26.7. The molecule has 0 amide bonds. The van der Waals surface area contributed by atoms with Crippen molar-refractivity contribution in [3.63, 3.8) is 0 Å². The molecule has 3 rings (SSSR count). The standard InChI is InChI=1S/C30H44O6/c1-19(2)9-8-10-21(5)12-24-16-29(7,36-28(33)11-20(3)4)18-30(34-24)15-23(17-31)25-14-26(32)22(6)13-27(25)35-30/h9,12-13,15,20,24-25,27,31H,8,10-11,14,16-18H2,1-7H3/b21-12+/t24-,25-,27-,29-,30-/m1/s1. The SMILES string of the molecule is CC(C)=CCC/C(C)=C/[C@@H]1C[C@@](C)(OC(=O)CC(C)C)C[C@]2(C=C(CO)[C@H]3CC(=O)C(C)=C[C@H]3O2)O1. The van der Waals surface area contributed by atoms with Crippen molar-refractivity contribution in [3.8, 4) is 0 Å². The maximum atomic E-state index is 12.7. The van der Waals surface area contributed by atoms with Crippen molar-refractivity contribution in [1.29, 1.82) is 0 Å². The molecule has 6 nitrogen and oxygen atoms in total. The van der Waals surface area contributed by atoms with Crippen molar-refractivity contribution >= 4 is 11.8 Å². The van der Waals surface area contributed by atoms with Gasteiger partial charge in [-0.3, -0.25) is 9.59 Å². The van der Waals surface area contributed by atoms with Crippen LogP contribution in [-0.2, 0) is 23.8 Å². The quantitative estimate of drug-likeness (QED) is 0.337. The summed E-state index contributed by atoms with van der Waals surface area (Å²) in [6, 6.07) is 0. The number of fused-ring (bicyclic) bond motifs is 1. The van der Waals surface area contributed by atoms with E-state index in [1.807, 2.05) is 32.9 Å². The van der Waals surface area contributed by atoms with E-state index in [2.05, 4.69) is 32.9 Å². The Bertz CT molecular complexity index is 966. The van der Waals surface area contributed by atoms with Crippen LogP contribution in [-0.4, -0.2) is 47.1 Å². The van der Waals surface area contributed by atoms with Gasteiger partial charge in [0.25, 0.3) is 0 Å². The van der Waals surface area contributed by atoms with Gasteiger partial charge in [-0.1, -0.05) is 37.1 Å². The Kier molecular flexibility index (Phi) is 9.18. The molecule has 0 bridgehead atoms. The van der Waals surface area contributed by atoms with E-state index in [4.69, 9.17) is 14.2 Å². The molecule has 0 unspecified atom stereocenters. The molecular weight excluding hydrogens is 456 g/mol. The van der Waals surface area contributed by atoms with E-state index in [9.17, 15) is 14.7 Å².